The lowest BCUT2D eigenvalue weighted by Crippen LogP contribution is -2.12. The first kappa shape index (κ1) is 11.0. The molecule has 1 atom stereocenters. The van der Waals surface area contributed by atoms with Crippen LogP contribution in [0.25, 0.3) is 0 Å². The van der Waals surface area contributed by atoms with Crippen LogP contribution in [-0.4, -0.2) is 16.5 Å². The van der Waals surface area contributed by atoms with Crippen LogP contribution in [0.2, 0.25) is 0 Å². The fourth-order valence-corrected chi connectivity index (χ4v) is 1.25. The number of ether oxygens (including phenoxy) is 1. The van der Waals surface area contributed by atoms with Gasteiger partial charge in [-0.05, 0) is 18.6 Å². The fourth-order valence-electron chi connectivity index (χ4n) is 0.954. The molecular formula is C10H12ClNO2. The number of pyridine rings is 1. The van der Waals surface area contributed by atoms with E-state index in [4.69, 9.17) is 16.3 Å². The van der Waals surface area contributed by atoms with Crippen LogP contribution in [-0.2, 0) is 4.74 Å². The number of carbonyl (C=O) groups excluding carboxylic acids is 1. The van der Waals surface area contributed by atoms with Crippen LogP contribution in [0.5, 0.6) is 0 Å². The molecule has 0 N–H and O–H groups in total. The van der Waals surface area contributed by atoms with Gasteiger partial charge in [0.25, 0.3) is 0 Å². The standard InChI is InChI=1S/C10H12ClNO2/c1-2-4-9(11)14-10(13)8-5-3-6-12-7-8/h3,5-7,9H,2,4H2,1H3. The van der Waals surface area contributed by atoms with E-state index in [1.54, 1.807) is 18.3 Å². The Morgan fingerprint density at radius 2 is 2.50 bits per heavy atom. The summed E-state index contributed by atoms with van der Waals surface area (Å²) in [5, 5.41) is 0. The summed E-state index contributed by atoms with van der Waals surface area (Å²) in [5.74, 6) is -0.424. The largest absolute Gasteiger partial charge is 0.442 e. The molecule has 0 aliphatic carbocycles. The fraction of sp³-hybridized carbons (Fsp3) is 0.400. The van der Waals surface area contributed by atoms with Crippen molar-refractivity contribution in [1.82, 2.24) is 4.98 Å². The van der Waals surface area contributed by atoms with Gasteiger partial charge in [-0.2, -0.15) is 0 Å². The quantitative estimate of drug-likeness (QED) is 0.570. The van der Waals surface area contributed by atoms with Crippen LogP contribution < -0.4 is 0 Å². The Hall–Kier alpha value is -1.09. The van der Waals surface area contributed by atoms with E-state index in [0.717, 1.165) is 6.42 Å². The Morgan fingerprint density at radius 1 is 1.71 bits per heavy atom. The number of carbonyl (C=O) groups is 1. The van der Waals surface area contributed by atoms with Crippen LogP contribution in [0.4, 0.5) is 0 Å². The van der Waals surface area contributed by atoms with E-state index in [1.807, 2.05) is 6.92 Å². The third kappa shape index (κ3) is 3.34. The van der Waals surface area contributed by atoms with Gasteiger partial charge in [-0.3, -0.25) is 4.98 Å². The Kier molecular flexibility index (Phi) is 4.40. The number of rotatable bonds is 4. The number of hydrogen-bond donors (Lipinski definition) is 0. The first-order valence-corrected chi connectivity index (χ1v) is 4.92. The van der Waals surface area contributed by atoms with Gasteiger partial charge in [0.2, 0.25) is 0 Å². The summed E-state index contributed by atoms with van der Waals surface area (Å²) in [5.41, 5.74) is -0.123. The molecule has 0 aliphatic heterocycles. The van der Waals surface area contributed by atoms with Crippen LogP contribution in [0.15, 0.2) is 24.5 Å². The van der Waals surface area contributed by atoms with Crippen LogP contribution in [0.3, 0.4) is 0 Å². The highest BCUT2D eigenvalue weighted by atomic mass is 35.5. The average Bonchev–Trinajstić information content (AvgIpc) is 2.19. The number of nitrogens with zero attached hydrogens (tertiary/aromatic N) is 1. The van der Waals surface area contributed by atoms with Gasteiger partial charge in [0, 0.05) is 12.4 Å². The third-order valence-electron chi connectivity index (χ3n) is 1.65. The van der Waals surface area contributed by atoms with Gasteiger partial charge in [-0.15, -0.1) is 0 Å². The Morgan fingerprint density at radius 3 is 3.07 bits per heavy atom. The monoisotopic (exact) mass is 213 g/mol. The zero-order valence-corrected chi connectivity index (χ0v) is 8.70. The van der Waals surface area contributed by atoms with Crippen LogP contribution >= 0.6 is 11.6 Å². The summed E-state index contributed by atoms with van der Waals surface area (Å²) < 4.78 is 4.96. The second kappa shape index (κ2) is 5.60. The molecule has 1 aromatic rings. The molecule has 4 heteroatoms. The van der Waals surface area contributed by atoms with Crippen molar-refractivity contribution in [3.8, 4) is 0 Å². The highest BCUT2D eigenvalue weighted by Crippen LogP contribution is 2.10. The van der Waals surface area contributed by atoms with Crippen molar-refractivity contribution in [3.05, 3.63) is 30.1 Å². The molecule has 0 saturated heterocycles. The minimum Gasteiger partial charge on any atom is -0.442 e. The SMILES string of the molecule is CCCC(Cl)OC(=O)c1cccnc1. The second-order valence-electron chi connectivity index (χ2n) is 2.85. The van der Waals surface area contributed by atoms with Gasteiger partial charge in [0.05, 0.1) is 5.56 Å². The molecule has 76 valence electrons. The van der Waals surface area contributed by atoms with Gasteiger partial charge < -0.3 is 4.74 Å². The summed E-state index contributed by atoms with van der Waals surface area (Å²) >= 11 is 5.76. The lowest BCUT2D eigenvalue weighted by molar-refractivity contribution is 0.0435. The first-order valence-electron chi connectivity index (χ1n) is 4.49. The summed E-state index contributed by atoms with van der Waals surface area (Å²) in [6.07, 6.45) is 4.60. The van der Waals surface area contributed by atoms with Gasteiger partial charge in [0.1, 0.15) is 0 Å². The molecule has 14 heavy (non-hydrogen) atoms. The van der Waals surface area contributed by atoms with Crippen molar-refractivity contribution >= 4 is 17.6 Å². The molecule has 0 aromatic carbocycles. The van der Waals surface area contributed by atoms with Crippen molar-refractivity contribution in [3.63, 3.8) is 0 Å². The molecule has 1 unspecified atom stereocenters. The maximum atomic E-state index is 11.4. The Bertz CT molecular complexity index is 289. The molecule has 0 bridgehead atoms. The minimum absolute atomic E-state index is 0.424. The van der Waals surface area contributed by atoms with Crippen molar-refractivity contribution in [2.75, 3.05) is 0 Å². The maximum Gasteiger partial charge on any atom is 0.341 e. The zero-order chi connectivity index (χ0) is 10.4. The smallest absolute Gasteiger partial charge is 0.341 e. The third-order valence-corrected chi connectivity index (χ3v) is 1.96. The van der Waals surface area contributed by atoms with Crippen molar-refractivity contribution in [1.29, 1.82) is 0 Å². The Labute approximate surface area is 88.1 Å². The summed E-state index contributed by atoms with van der Waals surface area (Å²) in [7, 11) is 0. The van der Waals surface area contributed by atoms with Crippen LogP contribution in [0.1, 0.15) is 30.1 Å². The highest BCUT2D eigenvalue weighted by Gasteiger charge is 2.12. The topological polar surface area (TPSA) is 39.2 Å². The highest BCUT2D eigenvalue weighted by molar-refractivity contribution is 6.20. The first-order chi connectivity index (χ1) is 6.74. The van der Waals surface area contributed by atoms with Crippen LogP contribution in [0, 0.1) is 0 Å². The summed E-state index contributed by atoms with van der Waals surface area (Å²) in [6, 6.07) is 3.32. The maximum absolute atomic E-state index is 11.4. The van der Waals surface area contributed by atoms with E-state index in [1.165, 1.54) is 6.20 Å². The van der Waals surface area contributed by atoms with Crippen molar-refractivity contribution in [2.24, 2.45) is 0 Å². The van der Waals surface area contributed by atoms with E-state index >= 15 is 0 Å². The molecule has 0 saturated carbocycles. The summed E-state index contributed by atoms with van der Waals surface area (Å²) in [4.78, 5) is 15.2. The predicted octanol–water partition coefficient (Wildman–Crippen LogP) is 2.60. The van der Waals surface area contributed by atoms with Gasteiger partial charge in [-0.25, -0.2) is 4.79 Å². The van der Waals surface area contributed by atoms with E-state index in [-0.39, 0.29) is 0 Å². The van der Waals surface area contributed by atoms with Crippen molar-refractivity contribution in [2.45, 2.75) is 25.3 Å². The Balaban J connectivity index is 2.51. The second-order valence-corrected chi connectivity index (χ2v) is 3.33. The number of esters is 1. The lowest BCUT2D eigenvalue weighted by atomic mass is 10.3. The molecule has 3 nitrogen and oxygen atoms in total. The normalized spacial score (nSPS) is 12.1. The van der Waals surface area contributed by atoms with Gasteiger partial charge >= 0.3 is 5.97 Å². The molecule has 1 heterocycles. The predicted molar refractivity (Wildman–Crippen MR) is 54.2 cm³/mol. The molecule has 1 rings (SSSR count). The van der Waals surface area contributed by atoms with E-state index in [0.29, 0.717) is 12.0 Å². The number of halogens is 1. The van der Waals surface area contributed by atoms with Gasteiger partial charge in [0.15, 0.2) is 5.56 Å². The zero-order valence-electron chi connectivity index (χ0n) is 7.94. The van der Waals surface area contributed by atoms with Crippen molar-refractivity contribution < 1.29 is 9.53 Å². The average molecular weight is 214 g/mol. The molecule has 0 fully saturated rings. The molecule has 0 amide bonds. The molecule has 1 aromatic heterocycles. The number of aromatic nitrogens is 1. The summed E-state index contributed by atoms with van der Waals surface area (Å²) in [6.45, 7) is 1.98. The minimum atomic E-state index is -0.548. The number of hydrogen-bond acceptors (Lipinski definition) is 3. The van der Waals surface area contributed by atoms with Gasteiger partial charge in [-0.1, -0.05) is 24.9 Å². The molecular weight excluding hydrogens is 202 g/mol. The molecule has 0 radical (unpaired) electrons. The molecule has 0 aliphatic rings. The van der Waals surface area contributed by atoms with E-state index in [2.05, 4.69) is 4.98 Å². The van der Waals surface area contributed by atoms with E-state index < -0.39 is 11.5 Å². The molecule has 0 spiro atoms. The number of alkyl halides is 1. The van der Waals surface area contributed by atoms with E-state index in [9.17, 15) is 4.79 Å². The lowest BCUT2D eigenvalue weighted by Gasteiger charge is -2.09.